The lowest BCUT2D eigenvalue weighted by molar-refractivity contribution is 0.486. The van der Waals surface area contributed by atoms with Crippen molar-refractivity contribution in [3.63, 3.8) is 0 Å². The molecule has 1 aromatic heterocycles. The van der Waals surface area contributed by atoms with Crippen LogP contribution in [0.1, 0.15) is 46.1 Å². The molecule has 0 saturated heterocycles. The molecule has 0 unspecified atom stereocenters. The first-order chi connectivity index (χ1) is 7.08. The van der Waals surface area contributed by atoms with Crippen molar-refractivity contribution in [3.8, 4) is 0 Å². The maximum absolute atomic E-state index is 4.38. The van der Waals surface area contributed by atoms with Gasteiger partial charge in [0.1, 0.15) is 0 Å². The van der Waals surface area contributed by atoms with Crippen LogP contribution in [0.4, 0.5) is 0 Å². The van der Waals surface area contributed by atoms with Gasteiger partial charge in [0.15, 0.2) is 0 Å². The number of hydrogen-bond donors (Lipinski definition) is 0. The Kier molecular flexibility index (Phi) is 4.86. The first kappa shape index (κ1) is 12.3. The molecule has 0 radical (unpaired) electrons. The van der Waals surface area contributed by atoms with Crippen molar-refractivity contribution in [2.45, 2.75) is 53.5 Å². The fraction of sp³-hybridized carbons (Fsp3) is 0.769. The molecule has 0 atom stereocenters. The van der Waals surface area contributed by atoms with Gasteiger partial charge in [0.05, 0.1) is 6.20 Å². The minimum absolute atomic E-state index is 0.758. The van der Waals surface area contributed by atoms with Gasteiger partial charge in [0.25, 0.3) is 0 Å². The lowest BCUT2D eigenvalue weighted by atomic mass is 10.1. The summed E-state index contributed by atoms with van der Waals surface area (Å²) in [6.07, 6.45) is 7.86. The summed E-state index contributed by atoms with van der Waals surface area (Å²) in [7, 11) is 0. The zero-order valence-electron chi connectivity index (χ0n) is 10.5. The van der Waals surface area contributed by atoms with Gasteiger partial charge in [-0.25, -0.2) is 0 Å². The summed E-state index contributed by atoms with van der Waals surface area (Å²) in [5.74, 6) is 1.54. The van der Waals surface area contributed by atoms with Crippen LogP contribution in [0.5, 0.6) is 0 Å². The third-order valence-electron chi connectivity index (χ3n) is 2.63. The molecular formula is C13H24N2. The maximum atomic E-state index is 4.38. The van der Waals surface area contributed by atoms with E-state index in [2.05, 4.69) is 43.7 Å². The van der Waals surface area contributed by atoms with Crippen LogP contribution in [-0.2, 0) is 13.0 Å². The first-order valence-corrected chi connectivity index (χ1v) is 6.09. The summed E-state index contributed by atoms with van der Waals surface area (Å²) in [6.45, 7) is 10.1. The fourth-order valence-electron chi connectivity index (χ4n) is 1.50. The molecule has 1 rings (SSSR count). The van der Waals surface area contributed by atoms with Crippen LogP contribution in [0.2, 0.25) is 0 Å². The Balaban J connectivity index is 2.35. The van der Waals surface area contributed by atoms with E-state index in [9.17, 15) is 0 Å². The largest absolute Gasteiger partial charge is 0.272 e. The SMILES string of the molecule is CC(C)CCc1cnn(CCC(C)C)c1. The van der Waals surface area contributed by atoms with Crippen molar-refractivity contribution in [1.29, 1.82) is 0 Å². The molecule has 0 amide bonds. The Morgan fingerprint density at radius 2 is 1.80 bits per heavy atom. The van der Waals surface area contributed by atoms with Crippen LogP contribution < -0.4 is 0 Å². The third kappa shape index (κ3) is 5.01. The molecule has 2 heteroatoms. The topological polar surface area (TPSA) is 17.8 Å². The predicted octanol–water partition coefficient (Wildman–Crippen LogP) is 3.52. The van der Waals surface area contributed by atoms with Gasteiger partial charge in [-0.15, -0.1) is 0 Å². The summed E-state index contributed by atoms with van der Waals surface area (Å²) in [5, 5.41) is 4.38. The lowest BCUT2D eigenvalue weighted by Gasteiger charge is -2.04. The van der Waals surface area contributed by atoms with E-state index in [1.807, 2.05) is 6.20 Å². The fourth-order valence-corrected chi connectivity index (χ4v) is 1.50. The van der Waals surface area contributed by atoms with Crippen LogP contribution in [0.15, 0.2) is 12.4 Å². The van der Waals surface area contributed by atoms with E-state index >= 15 is 0 Å². The van der Waals surface area contributed by atoms with Crippen molar-refractivity contribution in [2.24, 2.45) is 11.8 Å². The van der Waals surface area contributed by atoms with E-state index in [-0.39, 0.29) is 0 Å². The zero-order chi connectivity index (χ0) is 11.3. The minimum Gasteiger partial charge on any atom is -0.272 e. The standard InChI is InChI=1S/C13H24N2/c1-11(2)5-6-13-9-14-15(10-13)8-7-12(3)4/h9-12H,5-8H2,1-4H3. The molecule has 1 aromatic rings. The number of hydrogen-bond acceptors (Lipinski definition) is 1. The van der Waals surface area contributed by atoms with Crippen molar-refractivity contribution in [1.82, 2.24) is 9.78 Å². The first-order valence-electron chi connectivity index (χ1n) is 6.09. The molecule has 0 saturated carbocycles. The van der Waals surface area contributed by atoms with Gasteiger partial charge < -0.3 is 0 Å². The smallest absolute Gasteiger partial charge is 0.0521 e. The normalized spacial score (nSPS) is 11.6. The van der Waals surface area contributed by atoms with Crippen LogP contribution >= 0.6 is 0 Å². The molecule has 0 aromatic carbocycles. The van der Waals surface area contributed by atoms with Gasteiger partial charge in [0, 0.05) is 12.7 Å². The second-order valence-corrected chi connectivity index (χ2v) is 5.23. The number of aryl methyl sites for hydroxylation is 2. The van der Waals surface area contributed by atoms with Crippen molar-refractivity contribution in [3.05, 3.63) is 18.0 Å². The molecule has 0 bridgehead atoms. The van der Waals surface area contributed by atoms with E-state index < -0.39 is 0 Å². The van der Waals surface area contributed by atoms with Crippen molar-refractivity contribution >= 4 is 0 Å². The molecule has 0 aliphatic heterocycles. The van der Waals surface area contributed by atoms with Crippen LogP contribution in [0.25, 0.3) is 0 Å². The average molecular weight is 208 g/mol. The molecule has 0 N–H and O–H groups in total. The van der Waals surface area contributed by atoms with E-state index in [1.165, 1.54) is 24.8 Å². The Hall–Kier alpha value is -0.790. The maximum Gasteiger partial charge on any atom is 0.0521 e. The Morgan fingerprint density at radius 1 is 1.13 bits per heavy atom. The van der Waals surface area contributed by atoms with Crippen molar-refractivity contribution in [2.75, 3.05) is 0 Å². The van der Waals surface area contributed by atoms with E-state index in [0.717, 1.165) is 18.4 Å². The molecule has 0 aliphatic carbocycles. The van der Waals surface area contributed by atoms with E-state index in [1.54, 1.807) is 0 Å². The monoisotopic (exact) mass is 208 g/mol. The molecule has 0 aliphatic rings. The number of aromatic nitrogens is 2. The van der Waals surface area contributed by atoms with E-state index in [0.29, 0.717) is 0 Å². The summed E-state index contributed by atoms with van der Waals surface area (Å²) < 4.78 is 2.08. The average Bonchev–Trinajstić information content (AvgIpc) is 2.59. The summed E-state index contributed by atoms with van der Waals surface area (Å²) in [5.41, 5.74) is 1.38. The van der Waals surface area contributed by atoms with Gasteiger partial charge in [-0.05, 0) is 36.7 Å². The number of rotatable bonds is 6. The van der Waals surface area contributed by atoms with Crippen molar-refractivity contribution < 1.29 is 0 Å². The molecule has 0 spiro atoms. The zero-order valence-corrected chi connectivity index (χ0v) is 10.5. The van der Waals surface area contributed by atoms with Crippen LogP contribution in [-0.4, -0.2) is 9.78 Å². The quantitative estimate of drug-likeness (QED) is 0.699. The Morgan fingerprint density at radius 3 is 2.40 bits per heavy atom. The van der Waals surface area contributed by atoms with Gasteiger partial charge >= 0.3 is 0 Å². The highest BCUT2D eigenvalue weighted by Gasteiger charge is 2.01. The molecule has 86 valence electrons. The molecular weight excluding hydrogens is 184 g/mol. The van der Waals surface area contributed by atoms with Gasteiger partial charge in [-0.1, -0.05) is 27.7 Å². The Bertz CT molecular complexity index is 247. The van der Waals surface area contributed by atoms with Crippen LogP contribution in [0, 0.1) is 11.8 Å². The molecule has 15 heavy (non-hydrogen) atoms. The van der Waals surface area contributed by atoms with Gasteiger partial charge in [-0.3, -0.25) is 4.68 Å². The lowest BCUT2D eigenvalue weighted by Crippen LogP contribution is -2.01. The molecule has 2 nitrogen and oxygen atoms in total. The Labute approximate surface area is 93.7 Å². The highest BCUT2D eigenvalue weighted by molar-refractivity contribution is 5.03. The second-order valence-electron chi connectivity index (χ2n) is 5.23. The highest BCUT2D eigenvalue weighted by Crippen LogP contribution is 2.09. The van der Waals surface area contributed by atoms with Gasteiger partial charge in [-0.2, -0.15) is 5.10 Å². The van der Waals surface area contributed by atoms with Crippen LogP contribution in [0.3, 0.4) is 0 Å². The molecule has 1 heterocycles. The second kappa shape index (κ2) is 5.94. The molecule has 0 fully saturated rings. The summed E-state index contributed by atoms with van der Waals surface area (Å²) in [4.78, 5) is 0. The third-order valence-corrected chi connectivity index (χ3v) is 2.63. The predicted molar refractivity (Wildman–Crippen MR) is 64.8 cm³/mol. The van der Waals surface area contributed by atoms with E-state index in [4.69, 9.17) is 0 Å². The highest BCUT2D eigenvalue weighted by atomic mass is 15.3. The number of nitrogens with zero attached hydrogens (tertiary/aromatic N) is 2. The van der Waals surface area contributed by atoms with Gasteiger partial charge in [0.2, 0.25) is 0 Å². The summed E-state index contributed by atoms with van der Waals surface area (Å²) in [6, 6.07) is 0. The summed E-state index contributed by atoms with van der Waals surface area (Å²) >= 11 is 0. The minimum atomic E-state index is 0.758.